The van der Waals surface area contributed by atoms with Gasteiger partial charge in [0.1, 0.15) is 16.7 Å². The van der Waals surface area contributed by atoms with Gasteiger partial charge in [-0.2, -0.15) is 0 Å². The molecule has 0 radical (unpaired) electrons. The molecule has 0 saturated carbocycles. The van der Waals surface area contributed by atoms with E-state index < -0.39 is 11.8 Å². The molecular formula is C12H12N2O2S. The second kappa shape index (κ2) is 4.97. The van der Waals surface area contributed by atoms with Gasteiger partial charge in [0.15, 0.2) is 0 Å². The van der Waals surface area contributed by atoms with Gasteiger partial charge in [-0.25, -0.2) is 4.98 Å². The van der Waals surface area contributed by atoms with Crippen LogP contribution in [-0.4, -0.2) is 18.0 Å². The Morgan fingerprint density at radius 1 is 1.41 bits per heavy atom. The van der Waals surface area contributed by atoms with Crippen molar-refractivity contribution in [3.05, 3.63) is 46.4 Å². The topological polar surface area (TPSA) is 65.2 Å². The number of ether oxygens (including phenoxy) is 1. The number of carbonyl (C=O) groups excluding carboxylic acids is 1. The zero-order valence-electron chi connectivity index (χ0n) is 9.29. The highest BCUT2D eigenvalue weighted by Crippen LogP contribution is 2.27. The minimum Gasteiger partial charge on any atom is -0.497 e. The Hall–Kier alpha value is -1.88. The Bertz CT molecular complexity index is 494. The third kappa shape index (κ3) is 2.45. The molecule has 88 valence electrons. The fourth-order valence-corrected chi connectivity index (χ4v) is 2.37. The normalized spacial score (nSPS) is 12.1. The van der Waals surface area contributed by atoms with Gasteiger partial charge in [0.2, 0.25) is 5.91 Å². The summed E-state index contributed by atoms with van der Waals surface area (Å²) in [5.41, 5.74) is 6.25. The summed E-state index contributed by atoms with van der Waals surface area (Å²) >= 11 is 1.42. The van der Waals surface area contributed by atoms with E-state index >= 15 is 0 Å². The first-order chi connectivity index (χ1) is 8.22. The van der Waals surface area contributed by atoms with Crippen molar-refractivity contribution in [2.24, 2.45) is 5.73 Å². The lowest BCUT2D eigenvalue weighted by Crippen LogP contribution is -2.22. The maximum Gasteiger partial charge on any atom is 0.231 e. The molecule has 0 spiro atoms. The number of carbonyl (C=O) groups is 1. The van der Waals surface area contributed by atoms with Crippen molar-refractivity contribution in [1.82, 2.24) is 4.98 Å². The van der Waals surface area contributed by atoms with Gasteiger partial charge in [-0.3, -0.25) is 4.79 Å². The first-order valence-corrected chi connectivity index (χ1v) is 5.93. The van der Waals surface area contributed by atoms with Gasteiger partial charge < -0.3 is 10.5 Å². The van der Waals surface area contributed by atoms with Crippen LogP contribution in [0.3, 0.4) is 0 Å². The predicted molar refractivity (Wildman–Crippen MR) is 66.1 cm³/mol. The van der Waals surface area contributed by atoms with Gasteiger partial charge >= 0.3 is 0 Å². The van der Waals surface area contributed by atoms with Gasteiger partial charge in [-0.05, 0) is 17.7 Å². The first kappa shape index (κ1) is 11.6. The van der Waals surface area contributed by atoms with Gasteiger partial charge in [0.05, 0.1) is 7.11 Å². The van der Waals surface area contributed by atoms with Crippen LogP contribution in [0.1, 0.15) is 16.5 Å². The molecule has 1 aromatic carbocycles. The van der Waals surface area contributed by atoms with Crippen LogP contribution in [0.15, 0.2) is 35.8 Å². The second-order valence-corrected chi connectivity index (χ2v) is 4.41. The molecule has 0 aliphatic rings. The molecule has 2 rings (SSSR count). The molecule has 0 fully saturated rings. The Labute approximate surface area is 103 Å². The zero-order valence-corrected chi connectivity index (χ0v) is 10.1. The number of thiazole rings is 1. The smallest absolute Gasteiger partial charge is 0.231 e. The monoisotopic (exact) mass is 248 g/mol. The number of hydrogen-bond acceptors (Lipinski definition) is 4. The highest BCUT2D eigenvalue weighted by atomic mass is 32.1. The largest absolute Gasteiger partial charge is 0.497 e. The molecule has 1 amide bonds. The number of amides is 1. The Morgan fingerprint density at radius 3 is 2.59 bits per heavy atom. The predicted octanol–water partition coefficient (Wildman–Crippen LogP) is 1.77. The van der Waals surface area contributed by atoms with Crippen molar-refractivity contribution >= 4 is 17.2 Å². The average molecular weight is 248 g/mol. The molecule has 5 heteroatoms. The lowest BCUT2D eigenvalue weighted by atomic mass is 9.99. The van der Waals surface area contributed by atoms with Crippen LogP contribution in [0, 0.1) is 0 Å². The maximum atomic E-state index is 11.5. The summed E-state index contributed by atoms with van der Waals surface area (Å²) in [6.07, 6.45) is 1.67. The minimum absolute atomic E-state index is 0.398. The van der Waals surface area contributed by atoms with Crippen molar-refractivity contribution in [1.29, 1.82) is 0 Å². The Balaban J connectivity index is 2.36. The number of benzene rings is 1. The van der Waals surface area contributed by atoms with Gasteiger partial charge in [0, 0.05) is 11.6 Å². The highest BCUT2D eigenvalue weighted by Gasteiger charge is 2.22. The third-order valence-corrected chi connectivity index (χ3v) is 3.27. The maximum absolute atomic E-state index is 11.5. The number of aromatic nitrogens is 1. The fourth-order valence-electron chi connectivity index (χ4n) is 1.60. The highest BCUT2D eigenvalue weighted by molar-refractivity contribution is 7.09. The molecule has 2 aromatic rings. The van der Waals surface area contributed by atoms with E-state index in [1.165, 1.54) is 11.3 Å². The molecule has 1 aromatic heterocycles. The Morgan fingerprint density at radius 2 is 2.12 bits per heavy atom. The average Bonchev–Trinajstić information content (AvgIpc) is 2.83. The van der Waals surface area contributed by atoms with Crippen molar-refractivity contribution in [2.45, 2.75) is 5.92 Å². The van der Waals surface area contributed by atoms with E-state index in [2.05, 4.69) is 4.98 Å². The van der Waals surface area contributed by atoms with E-state index in [0.29, 0.717) is 5.01 Å². The van der Waals surface area contributed by atoms with Crippen LogP contribution < -0.4 is 10.5 Å². The molecule has 17 heavy (non-hydrogen) atoms. The van der Waals surface area contributed by atoms with Crippen molar-refractivity contribution in [2.75, 3.05) is 7.11 Å². The van der Waals surface area contributed by atoms with Crippen LogP contribution in [-0.2, 0) is 4.79 Å². The van der Waals surface area contributed by atoms with Gasteiger partial charge in [-0.15, -0.1) is 11.3 Å². The molecular weight excluding hydrogens is 236 g/mol. The second-order valence-electron chi connectivity index (χ2n) is 3.48. The van der Waals surface area contributed by atoms with Crippen molar-refractivity contribution < 1.29 is 9.53 Å². The molecule has 1 atom stereocenters. The molecule has 0 saturated heterocycles. The van der Waals surface area contributed by atoms with Crippen LogP contribution in [0.5, 0.6) is 5.75 Å². The summed E-state index contributed by atoms with van der Waals surface area (Å²) in [5, 5.41) is 2.54. The first-order valence-electron chi connectivity index (χ1n) is 5.05. The lowest BCUT2D eigenvalue weighted by Gasteiger charge is -2.11. The molecule has 0 bridgehead atoms. The fraction of sp³-hybridized carbons (Fsp3) is 0.167. The summed E-state index contributed by atoms with van der Waals surface area (Å²) < 4.78 is 5.07. The van der Waals surface area contributed by atoms with Gasteiger partial charge in [0.25, 0.3) is 0 Å². The molecule has 0 aliphatic carbocycles. The Kier molecular flexibility index (Phi) is 3.39. The summed E-state index contributed by atoms with van der Waals surface area (Å²) in [7, 11) is 1.60. The summed E-state index contributed by atoms with van der Waals surface area (Å²) in [5.74, 6) is -0.137. The molecule has 0 aliphatic heterocycles. The van der Waals surface area contributed by atoms with Crippen LogP contribution >= 0.6 is 11.3 Å². The van der Waals surface area contributed by atoms with E-state index in [9.17, 15) is 4.79 Å². The number of nitrogens with two attached hydrogens (primary N) is 1. The van der Waals surface area contributed by atoms with Gasteiger partial charge in [-0.1, -0.05) is 12.1 Å². The van der Waals surface area contributed by atoms with Crippen LogP contribution in [0.2, 0.25) is 0 Å². The summed E-state index contributed by atoms with van der Waals surface area (Å²) in [4.78, 5) is 15.7. The number of methoxy groups -OCH3 is 1. The molecule has 2 N–H and O–H groups in total. The van der Waals surface area contributed by atoms with Crippen molar-refractivity contribution in [3.63, 3.8) is 0 Å². The number of primary amides is 1. The zero-order chi connectivity index (χ0) is 12.3. The molecule has 1 unspecified atom stereocenters. The van der Waals surface area contributed by atoms with Crippen LogP contribution in [0.4, 0.5) is 0 Å². The summed E-state index contributed by atoms with van der Waals surface area (Å²) in [6, 6.07) is 7.27. The van der Waals surface area contributed by atoms with E-state index in [1.807, 2.05) is 17.5 Å². The SMILES string of the molecule is COc1ccc(C(C(N)=O)c2nccs2)cc1. The third-order valence-electron chi connectivity index (χ3n) is 2.43. The standard InChI is InChI=1S/C12H12N2O2S/c1-16-9-4-2-8(3-5-9)10(11(13)15)12-14-6-7-17-12/h2-7,10H,1H3,(H2,13,15). The quantitative estimate of drug-likeness (QED) is 0.896. The van der Waals surface area contributed by atoms with E-state index in [0.717, 1.165) is 11.3 Å². The number of hydrogen-bond donors (Lipinski definition) is 1. The minimum atomic E-state index is -0.485. The molecule has 4 nitrogen and oxygen atoms in total. The summed E-state index contributed by atoms with van der Waals surface area (Å²) in [6.45, 7) is 0. The van der Waals surface area contributed by atoms with E-state index in [1.54, 1.807) is 25.4 Å². The van der Waals surface area contributed by atoms with Crippen LogP contribution in [0.25, 0.3) is 0 Å². The number of rotatable bonds is 4. The van der Waals surface area contributed by atoms with E-state index in [-0.39, 0.29) is 0 Å². The lowest BCUT2D eigenvalue weighted by molar-refractivity contribution is -0.118. The van der Waals surface area contributed by atoms with Crippen molar-refractivity contribution in [3.8, 4) is 5.75 Å². The number of nitrogens with zero attached hydrogens (tertiary/aromatic N) is 1. The van der Waals surface area contributed by atoms with E-state index in [4.69, 9.17) is 10.5 Å². The molecule has 1 heterocycles.